The monoisotopic (exact) mass is 207 g/mol. The van der Waals surface area contributed by atoms with Gasteiger partial charge in [0.05, 0.1) is 5.92 Å². The Morgan fingerprint density at radius 2 is 2.40 bits per heavy atom. The minimum Gasteiger partial charge on any atom is -0.481 e. The fourth-order valence-corrected chi connectivity index (χ4v) is 1.92. The average molecular weight is 207 g/mol. The third-order valence-electron chi connectivity index (χ3n) is 2.72. The molecule has 0 aromatic carbocycles. The number of rotatable bonds is 3. The molecule has 1 aromatic heterocycles. The van der Waals surface area contributed by atoms with E-state index in [2.05, 4.69) is 15.3 Å². The molecule has 2 N–H and O–H groups in total. The molecule has 1 fully saturated rings. The molecule has 0 spiro atoms. The van der Waals surface area contributed by atoms with Gasteiger partial charge >= 0.3 is 5.97 Å². The average Bonchev–Trinajstić information content (AvgIpc) is 2.68. The van der Waals surface area contributed by atoms with Crippen molar-refractivity contribution in [3.05, 3.63) is 18.6 Å². The molecule has 0 amide bonds. The quantitative estimate of drug-likeness (QED) is 0.777. The van der Waals surface area contributed by atoms with Gasteiger partial charge in [-0.05, 0) is 25.3 Å². The van der Waals surface area contributed by atoms with Crippen molar-refractivity contribution < 1.29 is 9.90 Å². The van der Waals surface area contributed by atoms with Gasteiger partial charge in [0.1, 0.15) is 12.1 Å². The lowest BCUT2D eigenvalue weighted by Crippen LogP contribution is -2.18. The number of nitrogens with zero attached hydrogens (tertiary/aromatic N) is 2. The maximum absolute atomic E-state index is 10.7. The largest absolute Gasteiger partial charge is 0.481 e. The van der Waals surface area contributed by atoms with Gasteiger partial charge in [0.2, 0.25) is 0 Å². The van der Waals surface area contributed by atoms with Gasteiger partial charge in [0.15, 0.2) is 0 Å². The van der Waals surface area contributed by atoms with Crippen LogP contribution in [0.15, 0.2) is 18.6 Å². The molecule has 5 nitrogen and oxygen atoms in total. The first-order valence-corrected chi connectivity index (χ1v) is 5.01. The Bertz CT molecular complexity index is 342. The van der Waals surface area contributed by atoms with E-state index in [0.717, 1.165) is 18.7 Å². The second-order valence-electron chi connectivity index (χ2n) is 3.78. The summed E-state index contributed by atoms with van der Waals surface area (Å²) < 4.78 is 0. The summed E-state index contributed by atoms with van der Waals surface area (Å²) >= 11 is 0. The summed E-state index contributed by atoms with van der Waals surface area (Å²) in [4.78, 5) is 18.6. The first-order valence-electron chi connectivity index (χ1n) is 5.01. The van der Waals surface area contributed by atoms with E-state index in [9.17, 15) is 4.79 Å². The molecule has 80 valence electrons. The molecule has 2 atom stereocenters. The summed E-state index contributed by atoms with van der Waals surface area (Å²) in [7, 11) is 0. The number of hydrogen-bond acceptors (Lipinski definition) is 4. The Hall–Kier alpha value is -1.65. The summed E-state index contributed by atoms with van der Waals surface area (Å²) in [5.74, 6) is -0.132. The van der Waals surface area contributed by atoms with Crippen LogP contribution in [0.3, 0.4) is 0 Å². The summed E-state index contributed by atoms with van der Waals surface area (Å²) in [6, 6.07) is 2.01. The Morgan fingerprint density at radius 1 is 1.53 bits per heavy atom. The number of anilines is 1. The molecule has 1 aromatic rings. The van der Waals surface area contributed by atoms with Crippen molar-refractivity contribution in [2.45, 2.75) is 25.3 Å². The standard InChI is InChI=1S/C10H13N3O2/c14-10(15)7-1-2-8(5-7)13-9-3-4-11-6-12-9/h3-4,6-8H,1-2,5H2,(H,14,15)(H,11,12,13). The number of carboxylic acids is 1. The Morgan fingerprint density at radius 3 is 3.00 bits per heavy atom. The minimum absolute atomic E-state index is 0.204. The summed E-state index contributed by atoms with van der Waals surface area (Å²) in [5.41, 5.74) is 0. The third kappa shape index (κ3) is 2.43. The van der Waals surface area contributed by atoms with E-state index in [4.69, 9.17) is 5.11 Å². The number of nitrogens with one attached hydrogen (secondary N) is 1. The van der Waals surface area contributed by atoms with Crippen molar-refractivity contribution in [1.29, 1.82) is 0 Å². The normalized spacial score (nSPS) is 25.1. The van der Waals surface area contributed by atoms with E-state index in [1.54, 1.807) is 12.3 Å². The van der Waals surface area contributed by atoms with Gasteiger partial charge in [0, 0.05) is 12.2 Å². The fraction of sp³-hybridized carbons (Fsp3) is 0.500. The first-order chi connectivity index (χ1) is 7.25. The van der Waals surface area contributed by atoms with Crippen LogP contribution in [0.4, 0.5) is 5.82 Å². The van der Waals surface area contributed by atoms with Crippen LogP contribution < -0.4 is 5.32 Å². The molecule has 1 saturated carbocycles. The highest BCUT2D eigenvalue weighted by molar-refractivity contribution is 5.70. The van der Waals surface area contributed by atoms with Crippen molar-refractivity contribution in [1.82, 2.24) is 9.97 Å². The molecule has 15 heavy (non-hydrogen) atoms. The summed E-state index contributed by atoms with van der Waals surface area (Å²) in [6.45, 7) is 0. The van der Waals surface area contributed by atoms with Crippen LogP contribution in [0.2, 0.25) is 0 Å². The molecule has 1 aliphatic rings. The molecule has 2 rings (SSSR count). The molecular weight excluding hydrogens is 194 g/mol. The van der Waals surface area contributed by atoms with Crippen LogP contribution in [0.25, 0.3) is 0 Å². The Balaban J connectivity index is 1.90. The molecule has 5 heteroatoms. The number of carbonyl (C=O) groups is 1. The predicted octanol–water partition coefficient (Wildman–Crippen LogP) is 1.14. The van der Waals surface area contributed by atoms with Gasteiger partial charge in [-0.3, -0.25) is 4.79 Å². The van der Waals surface area contributed by atoms with Gasteiger partial charge < -0.3 is 10.4 Å². The van der Waals surface area contributed by atoms with E-state index in [0.29, 0.717) is 6.42 Å². The lowest BCUT2D eigenvalue weighted by Gasteiger charge is -2.12. The third-order valence-corrected chi connectivity index (χ3v) is 2.72. The van der Waals surface area contributed by atoms with Crippen LogP contribution in [-0.4, -0.2) is 27.1 Å². The van der Waals surface area contributed by atoms with Gasteiger partial charge in [-0.1, -0.05) is 0 Å². The van der Waals surface area contributed by atoms with Crippen molar-refractivity contribution >= 4 is 11.8 Å². The fourth-order valence-electron chi connectivity index (χ4n) is 1.92. The maximum atomic E-state index is 10.7. The molecule has 0 bridgehead atoms. The van der Waals surface area contributed by atoms with E-state index < -0.39 is 5.97 Å². The lowest BCUT2D eigenvalue weighted by atomic mass is 10.1. The van der Waals surface area contributed by atoms with Gasteiger partial charge in [-0.25, -0.2) is 9.97 Å². The second-order valence-corrected chi connectivity index (χ2v) is 3.78. The van der Waals surface area contributed by atoms with Crippen molar-refractivity contribution in [3.8, 4) is 0 Å². The zero-order valence-corrected chi connectivity index (χ0v) is 8.26. The Labute approximate surface area is 87.6 Å². The smallest absolute Gasteiger partial charge is 0.306 e. The molecule has 0 radical (unpaired) electrons. The molecular formula is C10H13N3O2. The second kappa shape index (κ2) is 4.25. The first kappa shape index (κ1) is 9.89. The maximum Gasteiger partial charge on any atom is 0.306 e. The predicted molar refractivity (Wildman–Crippen MR) is 54.4 cm³/mol. The molecule has 1 aliphatic carbocycles. The van der Waals surface area contributed by atoms with E-state index in [1.165, 1.54) is 6.33 Å². The van der Waals surface area contributed by atoms with E-state index in [-0.39, 0.29) is 12.0 Å². The van der Waals surface area contributed by atoms with Crippen molar-refractivity contribution in [2.24, 2.45) is 5.92 Å². The van der Waals surface area contributed by atoms with Gasteiger partial charge in [-0.2, -0.15) is 0 Å². The zero-order valence-electron chi connectivity index (χ0n) is 8.26. The topological polar surface area (TPSA) is 75.1 Å². The van der Waals surface area contributed by atoms with Crippen LogP contribution in [-0.2, 0) is 4.79 Å². The van der Waals surface area contributed by atoms with Gasteiger partial charge in [-0.15, -0.1) is 0 Å². The zero-order chi connectivity index (χ0) is 10.7. The molecule has 2 unspecified atom stereocenters. The Kier molecular flexibility index (Phi) is 2.80. The van der Waals surface area contributed by atoms with Crippen LogP contribution in [0.5, 0.6) is 0 Å². The summed E-state index contributed by atoms with van der Waals surface area (Å²) in [5, 5.41) is 12.1. The van der Waals surface area contributed by atoms with Crippen LogP contribution in [0, 0.1) is 5.92 Å². The highest BCUT2D eigenvalue weighted by Crippen LogP contribution is 2.27. The number of aliphatic carboxylic acids is 1. The number of hydrogen-bond donors (Lipinski definition) is 2. The van der Waals surface area contributed by atoms with Crippen LogP contribution >= 0.6 is 0 Å². The highest BCUT2D eigenvalue weighted by atomic mass is 16.4. The van der Waals surface area contributed by atoms with Crippen LogP contribution in [0.1, 0.15) is 19.3 Å². The molecule has 1 heterocycles. The van der Waals surface area contributed by atoms with Gasteiger partial charge in [0.25, 0.3) is 0 Å². The number of carboxylic acid groups (broad SMARTS) is 1. The molecule has 0 aliphatic heterocycles. The van der Waals surface area contributed by atoms with Crippen molar-refractivity contribution in [2.75, 3.05) is 5.32 Å². The summed E-state index contributed by atoms with van der Waals surface area (Å²) in [6.07, 6.45) is 5.46. The number of aromatic nitrogens is 2. The van der Waals surface area contributed by atoms with Crippen molar-refractivity contribution in [3.63, 3.8) is 0 Å². The SMILES string of the molecule is O=C(O)C1CCC(Nc2ccncn2)C1. The lowest BCUT2D eigenvalue weighted by molar-refractivity contribution is -0.141. The van der Waals surface area contributed by atoms with E-state index >= 15 is 0 Å². The molecule has 0 saturated heterocycles. The highest BCUT2D eigenvalue weighted by Gasteiger charge is 2.29. The minimum atomic E-state index is -0.693. The van der Waals surface area contributed by atoms with E-state index in [1.807, 2.05) is 0 Å².